The maximum atomic E-state index is 13.4. The van der Waals surface area contributed by atoms with E-state index in [1.54, 1.807) is 6.08 Å². The van der Waals surface area contributed by atoms with Gasteiger partial charge in [-0.05, 0) is 37.5 Å². The van der Waals surface area contributed by atoms with Crippen molar-refractivity contribution in [3.63, 3.8) is 0 Å². The number of carbonyl (C=O) groups is 1. The van der Waals surface area contributed by atoms with Crippen molar-refractivity contribution in [3.8, 4) is 0 Å². The highest BCUT2D eigenvalue weighted by atomic mass is 16.2. The molecule has 0 aliphatic heterocycles. The van der Waals surface area contributed by atoms with Crippen LogP contribution in [0.1, 0.15) is 44.6 Å². The Labute approximate surface area is 193 Å². The molecule has 1 atom stereocenters. The van der Waals surface area contributed by atoms with Gasteiger partial charge in [-0.1, -0.05) is 104 Å². The van der Waals surface area contributed by atoms with Gasteiger partial charge in [-0.2, -0.15) is 0 Å². The fraction of sp³-hybridized carbons (Fsp3) is 0.345. The molecule has 0 heterocycles. The summed E-state index contributed by atoms with van der Waals surface area (Å²) in [4.78, 5) is 13.4. The molecule has 1 aliphatic rings. The highest BCUT2D eigenvalue weighted by Crippen LogP contribution is 2.42. The molecule has 168 valence electrons. The Hall–Kier alpha value is -3.07. The number of rotatable bonds is 10. The van der Waals surface area contributed by atoms with E-state index in [9.17, 15) is 4.79 Å². The normalized spacial score (nSPS) is 17.0. The average Bonchev–Trinajstić information content (AvgIpc) is 2.84. The highest BCUT2D eigenvalue weighted by molar-refractivity contribution is 5.85. The van der Waals surface area contributed by atoms with Gasteiger partial charge in [-0.3, -0.25) is 4.79 Å². The molecule has 3 heteroatoms. The van der Waals surface area contributed by atoms with E-state index in [0.717, 1.165) is 24.1 Å². The predicted octanol–water partition coefficient (Wildman–Crippen LogP) is 6.47. The van der Waals surface area contributed by atoms with E-state index in [4.69, 9.17) is 0 Å². The summed E-state index contributed by atoms with van der Waals surface area (Å²) in [7, 11) is 0. The van der Waals surface area contributed by atoms with Crippen LogP contribution >= 0.6 is 0 Å². The van der Waals surface area contributed by atoms with Crippen LogP contribution in [0.3, 0.4) is 0 Å². The molecule has 0 unspecified atom stereocenters. The maximum absolute atomic E-state index is 13.4. The van der Waals surface area contributed by atoms with Gasteiger partial charge >= 0.3 is 0 Å². The zero-order chi connectivity index (χ0) is 22.7. The first-order valence-electron chi connectivity index (χ1n) is 11.7. The van der Waals surface area contributed by atoms with Crippen molar-refractivity contribution in [1.82, 2.24) is 5.32 Å². The summed E-state index contributed by atoms with van der Waals surface area (Å²) in [6.07, 6.45) is 14.6. The summed E-state index contributed by atoms with van der Waals surface area (Å²) >= 11 is 0. The van der Waals surface area contributed by atoms with Gasteiger partial charge < -0.3 is 10.6 Å². The SMILES string of the molecule is C=C/C=C\C=C(/C)C1(CNC(=O)[C@@H](Cc2ccccc2)Nc2ccccc2)CCCCC1. The van der Waals surface area contributed by atoms with Gasteiger partial charge in [0.25, 0.3) is 0 Å². The number of para-hydroxylation sites is 1. The zero-order valence-corrected chi connectivity index (χ0v) is 19.2. The van der Waals surface area contributed by atoms with Gasteiger partial charge in [0.15, 0.2) is 0 Å². The third-order valence-corrected chi connectivity index (χ3v) is 6.56. The maximum Gasteiger partial charge on any atom is 0.242 e. The Morgan fingerprint density at radius 3 is 2.31 bits per heavy atom. The van der Waals surface area contributed by atoms with E-state index in [0.29, 0.717) is 13.0 Å². The van der Waals surface area contributed by atoms with Crippen LogP contribution in [0.4, 0.5) is 5.69 Å². The summed E-state index contributed by atoms with van der Waals surface area (Å²) in [5, 5.41) is 6.77. The topological polar surface area (TPSA) is 41.1 Å². The highest BCUT2D eigenvalue weighted by Gasteiger charge is 2.34. The second-order valence-corrected chi connectivity index (χ2v) is 8.78. The molecule has 0 spiro atoms. The second kappa shape index (κ2) is 12.1. The number of carbonyl (C=O) groups excluding carboxylic acids is 1. The van der Waals surface area contributed by atoms with Crippen molar-refractivity contribution < 1.29 is 4.79 Å². The Kier molecular flexibility index (Phi) is 8.91. The number of benzene rings is 2. The van der Waals surface area contributed by atoms with Gasteiger partial charge in [0.1, 0.15) is 6.04 Å². The molecule has 1 amide bonds. The molecular formula is C29H36N2O. The smallest absolute Gasteiger partial charge is 0.242 e. The van der Waals surface area contributed by atoms with Crippen molar-refractivity contribution in [3.05, 3.63) is 103 Å². The van der Waals surface area contributed by atoms with Crippen LogP contribution in [-0.2, 0) is 11.2 Å². The summed E-state index contributed by atoms with van der Waals surface area (Å²) in [5.41, 5.74) is 3.48. The van der Waals surface area contributed by atoms with E-state index in [2.05, 4.69) is 48.4 Å². The molecule has 32 heavy (non-hydrogen) atoms. The molecule has 1 aliphatic carbocycles. The van der Waals surface area contributed by atoms with Crippen molar-refractivity contribution in [2.24, 2.45) is 5.41 Å². The molecule has 1 fully saturated rings. The Balaban J connectivity index is 1.75. The van der Waals surface area contributed by atoms with Gasteiger partial charge in [0.05, 0.1) is 0 Å². The summed E-state index contributed by atoms with van der Waals surface area (Å²) in [6.45, 7) is 6.64. The third kappa shape index (κ3) is 6.71. The fourth-order valence-electron chi connectivity index (χ4n) is 4.57. The van der Waals surface area contributed by atoms with Crippen molar-refractivity contribution in [2.75, 3.05) is 11.9 Å². The standard InChI is InChI=1S/C29H36N2O/c1-3-4-8-15-24(2)29(20-13-7-14-21-29)23-30-28(32)27(22-25-16-9-5-10-17-25)31-26-18-11-6-12-19-26/h3-6,8-12,15-19,27,31H,1,7,13-14,20-23H2,2H3,(H,30,32)/b8-4-,24-15+/t27-/m1/s1. The molecule has 3 rings (SSSR count). The molecule has 2 aromatic carbocycles. The van der Waals surface area contributed by atoms with Gasteiger partial charge in [-0.25, -0.2) is 0 Å². The molecule has 1 saturated carbocycles. The van der Waals surface area contributed by atoms with Crippen LogP contribution in [0.15, 0.2) is 97.1 Å². The molecule has 0 saturated heterocycles. The Morgan fingerprint density at radius 1 is 1.00 bits per heavy atom. The van der Waals surface area contributed by atoms with Crippen molar-refractivity contribution in [1.29, 1.82) is 0 Å². The summed E-state index contributed by atoms with van der Waals surface area (Å²) in [5.74, 6) is 0.0529. The lowest BCUT2D eigenvalue weighted by molar-refractivity contribution is -0.122. The van der Waals surface area contributed by atoms with Crippen LogP contribution in [0, 0.1) is 5.41 Å². The van der Waals surface area contributed by atoms with E-state index >= 15 is 0 Å². The first-order valence-corrected chi connectivity index (χ1v) is 11.7. The van der Waals surface area contributed by atoms with Gasteiger partial charge in [-0.15, -0.1) is 0 Å². The molecule has 2 aromatic rings. The van der Waals surface area contributed by atoms with Gasteiger partial charge in [0, 0.05) is 24.1 Å². The quantitative estimate of drug-likeness (QED) is 0.426. The molecule has 0 aromatic heterocycles. The second-order valence-electron chi connectivity index (χ2n) is 8.78. The van der Waals surface area contributed by atoms with Crippen LogP contribution in [0.5, 0.6) is 0 Å². The van der Waals surface area contributed by atoms with Crippen LogP contribution in [-0.4, -0.2) is 18.5 Å². The monoisotopic (exact) mass is 428 g/mol. The number of anilines is 1. The van der Waals surface area contributed by atoms with Gasteiger partial charge in [0.2, 0.25) is 5.91 Å². The van der Waals surface area contributed by atoms with E-state index in [1.165, 1.54) is 24.8 Å². The first-order chi connectivity index (χ1) is 15.6. The number of nitrogens with one attached hydrogen (secondary N) is 2. The lowest BCUT2D eigenvalue weighted by Crippen LogP contribution is -2.46. The molecule has 0 bridgehead atoms. The average molecular weight is 429 g/mol. The minimum absolute atomic E-state index is 0.0312. The number of hydrogen-bond acceptors (Lipinski definition) is 2. The molecular weight excluding hydrogens is 392 g/mol. The minimum atomic E-state index is -0.328. The van der Waals surface area contributed by atoms with Crippen LogP contribution in [0.25, 0.3) is 0 Å². The van der Waals surface area contributed by atoms with E-state index < -0.39 is 0 Å². The lowest BCUT2D eigenvalue weighted by Gasteiger charge is -2.39. The van der Waals surface area contributed by atoms with E-state index in [1.807, 2.05) is 54.6 Å². The van der Waals surface area contributed by atoms with E-state index in [-0.39, 0.29) is 17.4 Å². The Bertz CT molecular complexity index is 867. The number of hydrogen-bond donors (Lipinski definition) is 2. The molecule has 2 N–H and O–H groups in total. The third-order valence-electron chi connectivity index (χ3n) is 6.56. The Morgan fingerprint density at radius 2 is 1.66 bits per heavy atom. The van der Waals surface area contributed by atoms with Crippen molar-refractivity contribution in [2.45, 2.75) is 51.5 Å². The van der Waals surface area contributed by atoms with Crippen molar-refractivity contribution >= 4 is 11.6 Å². The molecule has 3 nitrogen and oxygen atoms in total. The van der Waals surface area contributed by atoms with Crippen LogP contribution < -0.4 is 10.6 Å². The zero-order valence-electron chi connectivity index (χ0n) is 19.2. The first kappa shape index (κ1) is 23.6. The number of amides is 1. The lowest BCUT2D eigenvalue weighted by atomic mass is 9.69. The largest absolute Gasteiger partial charge is 0.373 e. The fourth-order valence-corrected chi connectivity index (χ4v) is 4.57. The minimum Gasteiger partial charge on any atom is -0.373 e. The van der Waals surface area contributed by atoms with Crippen LogP contribution in [0.2, 0.25) is 0 Å². The predicted molar refractivity (Wildman–Crippen MR) is 136 cm³/mol. The number of allylic oxidation sites excluding steroid dienone is 4. The summed E-state index contributed by atoms with van der Waals surface area (Å²) < 4.78 is 0. The molecule has 0 radical (unpaired) electrons. The summed E-state index contributed by atoms with van der Waals surface area (Å²) in [6, 6.07) is 19.9.